The molecule has 0 spiro atoms. The van der Waals surface area contributed by atoms with Crippen molar-refractivity contribution in [2.75, 3.05) is 6.61 Å². The summed E-state index contributed by atoms with van der Waals surface area (Å²) in [6.07, 6.45) is 4.98. The van der Waals surface area contributed by atoms with Gasteiger partial charge in [0, 0.05) is 11.3 Å². The summed E-state index contributed by atoms with van der Waals surface area (Å²) < 4.78 is 11.9. The van der Waals surface area contributed by atoms with Crippen LogP contribution in [0.4, 0.5) is 0 Å². The number of fused-ring (bicyclic) bond motifs is 5. The first-order valence-corrected chi connectivity index (χ1v) is 16.5. The second-order valence-corrected chi connectivity index (χ2v) is 16.3. The quantitative estimate of drug-likeness (QED) is 0.284. The smallest absolute Gasteiger partial charge is 0.186 e. The highest BCUT2D eigenvalue weighted by Gasteiger charge is 2.71. The molecule has 14 atom stereocenters. The van der Waals surface area contributed by atoms with Crippen molar-refractivity contribution in [3.63, 3.8) is 0 Å². The van der Waals surface area contributed by atoms with Crippen molar-refractivity contribution >= 4 is 0 Å². The molecule has 42 heavy (non-hydrogen) atoms. The monoisotopic (exact) mass is 590 g/mol. The fourth-order valence-electron chi connectivity index (χ4n) is 11.0. The topological polar surface area (TPSA) is 120 Å². The second-order valence-electron chi connectivity index (χ2n) is 16.3. The van der Waals surface area contributed by atoms with E-state index >= 15 is 0 Å². The maximum absolute atomic E-state index is 12.1. The fraction of sp³-hybridized carbons (Fsp3) is 0.886. The minimum atomic E-state index is -1.32. The molecule has 240 valence electrons. The van der Waals surface area contributed by atoms with Crippen LogP contribution >= 0.6 is 0 Å². The van der Waals surface area contributed by atoms with E-state index in [1.165, 1.54) is 11.1 Å². The highest BCUT2D eigenvalue weighted by molar-refractivity contribution is 5.33. The van der Waals surface area contributed by atoms with E-state index < -0.39 is 36.1 Å². The Morgan fingerprint density at radius 2 is 1.67 bits per heavy atom. The Bertz CT molecular complexity index is 1070. The molecule has 7 nitrogen and oxygen atoms in total. The summed E-state index contributed by atoms with van der Waals surface area (Å²) in [7, 11) is 0. The van der Waals surface area contributed by atoms with Gasteiger partial charge in [-0.3, -0.25) is 0 Å². The van der Waals surface area contributed by atoms with Crippen LogP contribution in [0.3, 0.4) is 0 Å². The number of rotatable bonds is 6. The van der Waals surface area contributed by atoms with E-state index in [1.54, 1.807) is 0 Å². The molecule has 0 bridgehead atoms. The van der Waals surface area contributed by atoms with Crippen LogP contribution in [0.25, 0.3) is 0 Å². The van der Waals surface area contributed by atoms with Gasteiger partial charge in [-0.2, -0.15) is 0 Å². The van der Waals surface area contributed by atoms with Crippen LogP contribution in [0, 0.1) is 45.3 Å². The normalized spacial score (nSPS) is 50.6. The van der Waals surface area contributed by atoms with E-state index in [4.69, 9.17) is 9.47 Å². The lowest BCUT2D eigenvalue weighted by atomic mass is 9.38. The predicted molar refractivity (Wildman–Crippen MR) is 162 cm³/mol. The van der Waals surface area contributed by atoms with Crippen LogP contribution in [0.2, 0.25) is 0 Å². The van der Waals surface area contributed by atoms with Gasteiger partial charge in [0.05, 0.1) is 24.9 Å². The molecule has 1 heterocycles. The summed E-state index contributed by atoms with van der Waals surface area (Å²) in [5, 5.41) is 54.3. The lowest BCUT2D eigenvalue weighted by molar-refractivity contribution is -0.294. The molecule has 1 aliphatic heterocycles. The first kappa shape index (κ1) is 32.6. The van der Waals surface area contributed by atoms with Gasteiger partial charge < -0.3 is 35.0 Å². The Morgan fingerprint density at radius 1 is 0.976 bits per heavy atom. The number of aliphatic hydroxyl groups excluding tert-OH is 5. The van der Waals surface area contributed by atoms with Crippen molar-refractivity contribution in [1.29, 1.82) is 0 Å². The van der Waals surface area contributed by atoms with Gasteiger partial charge in [-0.25, -0.2) is 0 Å². The van der Waals surface area contributed by atoms with Crippen LogP contribution in [0.15, 0.2) is 23.3 Å². The van der Waals surface area contributed by atoms with Gasteiger partial charge in [-0.1, -0.05) is 64.8 Å². The maximum atomic E-state index is 12.1. The minimum absolute atomic E-state index is 0.0514. The van der Waals surface area contributed by atoms with Gasteiger partial charge in [0.1, 0.15) is 18.3 Å². The SMILES string of the molecule is CC(C)=CCC[C@H](C)[C@@H]1[C@@H](O)C[C@@]2(C)[C@@H]3[C@@H](O)C=C4[C@@H](CC[C@H](O[C@H]5OC[C@@H](O)[C@@H](O)[C@H]5O)C4(C)C)[C@]3(C)CC[C@@]12C. The third kappa shape index (κ3) is 4.89. The summed E-state index contributed by atoms with van der Waals surface area (Å²) in [6.45, 7) is 18.0. The Balaban J connectivity index is 1.42. The van der Waals surface area contributed by atoms with Crippen LogP contribution in [-0.2, 0) is 9.47 Å². The van der Waals surface area contributed by atoms with Gasteiger partial charge >= 0.3 is 0 Å². The van der Waals surface area contributed by atoms with Crippen LogP contribution in [0.5, 0.6) is 0 Å². The zero-order valence-corrected chi connectivity index (χ0v) is 27.2. The Morgan fingerprint density at radius 3 is 2.33 bits per heavy atom. The van der Waals surface area contributed by atoms with Gasteiger partial charge in [0.2, 0.25) is 0 Å². The van der Waals surface area contributed by atoms with Gasteiger partial charge in [0.15, 0.2) is 6.29 Å². The van der Waals surface area contributed by atoms with Crippen molar-refractivity contribution in [2.24, 2.45) is 45.3 Å². The average molecular weight is 591 g/mol. The lowest BCUT2D eigenvalue weighted by Crippen LogP contribution is -2.63. The van der Waals surface area contributed by atoms with E-state index in [1.807, 2.05) is 0 Å². The number of hydrogen-bond donors (Lipinski definition) is 5. The Labute approximate surface area is 253 Å². The maximum Gasteiger partial charge on any atom is 0.186 e. The van der Waals surface area contributed by atoms with Crippen molar-refractivity contribution in [3.8, 4) is 0 Å². The van der Waals surface area contributed by atoms with E-state index in [-0.39, 0.29) is 52.8 Å². The molecule has 7 heteroatoms. The molecule has 1 saturated heterocycles. The number of ether oxygens (including phenoxy) is 2. The first-order chi connectivity index (χ1) is 19.5. The summed E-state index contributed by atoms with van der Waals surface area (Å²) >= 11 is 0. The molecule has 0 aromatic rings. The number of hydrogen-bond acceptors (Lipinski definition) is 7. The second kappa shape index (κ2) is 11.2. The molecule has 5 rings (SSSR count). The number of aliphatic hydroxyl groups is 5. The number of allylic oxidation sites excluding steroid dienone is 2. The largest absolute Gasteiger partial charge is 0.393 e. The van der Waals surface area contributed by atoms with Gasteiger partial charge in [0.25, 0.3) is 0 Å². The average Bonchev–Trinajstić information content (AvgIpc) is 3.10. The third-order valence-electron chi connectivity index (χ3n) is 13.3. The van der Waals surface area contributed by atoms with Crippen LogP contribution < -0.4 is 0 Å². The first-order valence-electron chi connectivity index (χ1n) is 16.5. The molecular weight excluding hydrogens is 532 g/mol. The summed E-state index contributed by atoms with van der Waals surface area (Å²) in [5.41, 5.74) is 1.79. The molecule has 0 radical (unpaired) electrons. The predicted octanol–water partition coefficient (Wildman–Crippen LogP) is 4.74. The zero-order chi connectivity index (χ0) is 31.0. The summed E-state index contributed by atoms with van der Waals surface area (Å²) in [4.78, 5) is 0. The van der Waals surface area contributed by atoms with E-state index in [0.717, 1.165) is 44.9 Å². The molecule has 5 aliphatic rings. The molecule has 0 aromatic heterocycles. The standard InChI is InChI=1S/C35H58O7/c1-19(2)10-9-11-20(3)27-24(37)17-35(8)30-23(36)16-22-21(33(30,6)14-15-34(27,35)7)12-13-26(32(22,4)5)42-31-29(40)28(39)25(38)18-41-31/h10,16,20-21,23-31,36-40H,9,11-15,17-18H2,1-8H3/t20-,21+,23-,24-,25+,26-,27+,28+,29+,30+,31+,33-,34-,35-/m0/s1. The third-order valence-corrected chi connectivity index (χ3v) is 13.3. The van der Waals surface area contributed by atoms with Crippen LogP contribution in [-0.4, -0.2) is 75.1 Å². The molecular formula is C35H58O7. The Hall–Kier alpha value is -0.800. The molecule has 4 fully saturated rings. The zero-order valence-electron chi connectivity index (χ0n) is 27.2. The van der Waals surface area contributed by atoms with Crippen molar-refractivity contribution in [1.82, 2.24) is 0 Å². The van der Waals surface area contributed by atoms with Crippen molar-refractivity contribution in [2.45, 2.75) is 143 Å². The molecule has 0 aromatic carbocycles. The van der Waals surface area contributed by atoms with Crippen molar-refractivity contribution < 1.29 is 35.0 Å². The molecule has 4 aliphatic carbocycles. The highest BCUT2D eigenvalue weighted by Crippen LogP contribution is 2.75. The summed E-state index contributed by atoms with van der Waals surface area (Å²) in [5.74, 6) is 0.960. The van der Waals surface area contributed by atoms with E-state index in [0.29, 0.717) is 5.92 Å². The Kier molecular flexibility index (Phi) is 8.71. The summed E-state index contributed by atoms with van der Waals surface area (Å²) in [6, 6.07) is 0. The minimum Gasteiger partial charge on any atom is -0.393 e. The highest BCUT2D eigenvalue weighted by atomic mass is 16.7. The molecule has 3 saturated carbocycles. The van der Waals surface area contributed by atoms with E-state index in [9.17, 15) is 25.5 Å². The molecule has 0 unspecified atom stereocenters. The fourth-order valence-corrected chi connectivity index (χ4v) is 11.0. The van der Waals surface area contributed by atoms with Crippen LogP contribution in [0.1, 0.15) is 100 Å². The van der Waals surface area contributed by atoms with E-state index in [2.05, 4.69) is 67.5 Å². The molecule has 5 N–H and O–H groups in total. The lowest BCUT2D eigenvalue weighted by Gasteiger charge is -2.67. The van der Waals surface area contributed by atoms with Crippen molar-refractivity contribution in [3.05, 3.63) is 23.3 Å². The van der Waals surface area contributed by atoms with Gasteiger partial charge in [-0.15, -0.1) is 0 Å². The van der Waals surface area contributed by atoms with Gasteiger partial charge in [-0.05, 0) is 92.8 Å². The molecule has 0 amide bonds.